The van der Waals surface area contributed by atoms with Crippen LogP contribution >= 0.6 is 12.6 Å². The predicted octanol–water partition coefficient (Wildman–Crippen LogP) is 2.52. The molecule has 2 atom stereocenters. The molecule has 0 spiro atoms. The summed E-state index contributed by atoms with van der Waals surface area (Å²) in [6.07, 6.45) is 3.91. The summed E-state index contributed by atoms with van der Waals surface area (Å²) in [6, 6.07) is 0. The van der Waals surface area contributed by atoms with Crippen LogP contribution in [0, 0.1) is 0 Å². The molecule has 2 unspecified atom stereocenters. The Morgan fingerprint density at radius 2 is 2.18 bits per heavy atom. The van der Waals surface area contributed by atoms with Crippen molar-refractivity contribution >= 4 is 39.7 Å². The molecule has 0 rings (SSSR count). The van der Waals surface area contributed by atoms with Crippen LogP contribution in [0.4, 0.5) is 0 Å². The molecule has 0 saturated carbocycles. The molecule has 100 valence electrons. The minimum absolute atomic E-state index is 0.106. The predicted molar refractivity (Wildman–Crippen MR) is 74.9 cm³/mol. The summed E-state index contributed by atoms with van der Waals surface area (Å²) in [5.74, 6) is -0.106. The van der Waals surface area contributed by atoms with E-state index in [1.165, 1.54) is 17.3 Å². The van der Waals surface area contributed by atoms with Crippen molar-refractivity contribution in [2.45, 2.75) is 53.3 Å². The van der Waals surface area contributed by atoms with Crippen LogP contribution in [0.1, 0.15) is 39.5 Å². The molecule has 0 aliphatic heterocycles. The number of methoxy groups -OCH3 is 1. The van der Waals surface area contributed by atoms with E-state index in [0.717, 1.165) is 6.42 Å². The average Bonchev–Trinajstić information content (AvgIpc) is 2.29. The Morgan fingerprint density at radius 3 is 2.76 bits per heavy atom. The number of rotatable bonds is 10. The molecule has 2 radical (unpaired) electrons. The molecule has 17 heavy (non-hydrogen) atoms. The van der Waals surface area contributed by atoms with Crippen molar-refractivity contribution in [1.82, 2.24) is 0 Å². The molecule has 0 heterocycles. The number of hydrogen-bond donors (Lipinski definition) is 1. The molecule has 0 saturated heterocycles. The van der Waals surface area contributed by atoms with E-state index in [9.17, 15) is 4.79 Å². The topological polar surface area (TPSA) is 35.5 Å². The summed E-state index contributed by atoms with van der Waals surface area (Å²) < 4.78 is 11.8. The second-order valence-corrected chi connectivity index (χ2v) is 10.7. The zero-order chi connectivity index (χ0) is 13.1. The molecule has 0 aliphatic carbocycles. The third-order valence-corrected chi connectivity index (χ3v) is 7.63. The number of esters is 1. The molecule has 0 fully saturated rings. The molecule has 0 aliphatic rings. The van der Waals surface area contributed by atoms with E-state index in [4.69, 9.17) is 9.47 Å². The Hall–Kier alpha value is 0.579. The van der Waals surface area contributed by atoms with Gasteiger partial charge >= 0.3 is 121 Å². The van der Waals surface area contributed by atoms with Crippen LogP contribution in [-0.2, 0) is 14.3 Å². The quantitative estimate of drug-likeness (QED) is 0.279. The number of hydrogen-bond acceptors (Lipinski definition) is 4. The number of ether oxygens (including phenoxy) is 2. The Bertz CT molecular complexity index is 202. The summed E-state index contributed by atoms with van der Waals surface area (Å²) in [5, 5.41) is 0. The van der Waals surface area contributed by atoms with E-state index >= 15 is 0 Å². The van der Waals surface area contributed by atoms with Gasteiger partial charge in [-0.1, -0.05) is 0 Å². The summed E-state index contributed by atoms with van der Waals surface area (Å²) >= 11 is 3.98. The summed E-state index contributed by atoms with van der Waals surface area (Å²) in [4.78, 5) is 11.5. The first-order valence-electron chi connectivity index (χ1n) is 6.20. The molecule has 0 amide bonds. The molecule has 5 heteroatoms. The summed E-state index contributed by atoms with van der Waals surface area (Å²) in [7, 11) is 1.66. The first kappa shape index (κ1) is 17.6. The van der Waals surface area contributed by atoms with Crippen molar-refractivity contribution in [2.24, 2.45) is 0 Å². The summed E-state index contributed by atoms with van der Waals surface area (Å²) in [5.41, 5.74) is 0. The van der Waals surface area contributed by atoms with E-state index in [1.807, 2.05) is 6.92 Å². The molecular weight excluding hydrogens is 343 g/mol. The molecule has 0 aromatic carbocycles. The Morgan fingerprint density at radius 1 is 1.47 bits per heavy atom. The molecule has 0 aromatic heterocycles. The Labute approximate surface area is 121 Å². The first-order valence-corrected chi connectivity index (χ1v) is 10.4. The van der Waals surface area contributed by atoms with Gasteiger partial charge in [0.2, 0.25) is 0 Å². The van der Waals surface area contributed by atoms with E-state index < -0.39 is 21.1 Å². The number of unbranched alkanes of at least 4 members (excludes halogenated alkanes) is 1. The van der Waals surface area contributed by atoms with Gasteiger partial charge in [-0.2, -0.15) is 0 Å². The van der Waals surface area contributed by atoms with Gasteiger partial charge in [0.15, 0.2) is 0 Å². The van der Waals surface area contributed by atoms with E-state index in [2.05, 4.69) is 19.6 Å². The maximum atomic E-state index is 11.5. The number of carbonyl (C=O) groups is 1. The van der Waals surface area contributed by atoms with Gasteiger partial charge in [-0.3, -0.25) is 0 Å². The van der Waals surface area contributed by atoms with Gasteiger partial charge in [0, 0.05) is 0 Å². The molecular formula is C12H24O3SSn. The van der Waals surface area contributed by atoms with Gasteiger partial charge < -0.3 is 0 Å². The van der Waals surface area contributed by atoms with E-state index in [0.29, 0.717) is 16.3 Å². The van der Waals surface area contributed by atoms with E-state index in [1.54, 1.807) is 7.11 Å². The molecule has 3 nitrogen and oxygen atoms in total. The van der Waals surface area contributed by atoms with E-state index in [-0.39, 0.29) is 12.1 Å². The van der Waals surface area contributed by atoms with Crippen LogP contribution in [-0.4, -0.2) is 50.2 Å². The Kier molecular flexibility index (Phi) is 12.1. The van der Waals surface area contributed by atoms with Gasteiger partial charge in [0.1, 0.15) is 0 Å². The third-order valence-electron chi connectivity index (χ3n) is 2.46. The van der Waals surface area contributed by atoms with Crippen molar-refractivity contribution < 1.29 is 14.3 Å². The number of carbonyl (C=O) groups excluding carboxylic acids is 1. The molecule has 0 N–H and O–H groups in total. The molecule has 0 bridgehead atoms. The monoisotopic (exact) mass is 368 g/mol. The van der Waals surface area contributed by atoms with Gasteiger partial charge in [0.25, 0.3) is 0 Å². The van der Waals surface area contributed by atoms with Crippen LogP contribution in [0.3, 0.4) is 0 Å². The van der Waals surface area contributed by atoms with Crippen LogP contribution in [0.25, 0.3) is 0 Å². The standard InChI is InChI=1S/C8H15O3S.C4H9.Sn/c1-7(10-2)3-5-11-8(9)4-6-12;1-3-4-2;/h6-7,12H,3-5H2,1-2H3;1,3-4H2,2H3;. The fraction of sp³-hybridized carbons (Fsp3) is 0.917. The third kappa shape index (κ3) is 11.4. The van der Waals surface area contributed by atoms with Crippen molar-refractivity contribution in [3.8, 4) is 0 Å². The van der Waals surface area contributed by atoms with Gasteiger partial charge in [-0.25, -0.2) is 0 Å². The van der Waals surface area contributed by atoms with Crippen molar-refractivity contribution in [2.75, 3.05) is 13.7 Å². The van der Waals surface area contributed by atoms with Gasteiger partial charge in [0.05, 0.1) is 0 Å². The number of thiol groups is 1. The van der Waals surface area contributed by atoms with Crippen LogP contribution in [0.5, 0.6) is 0 Å². The van der Waals surface area contributed by atoms with Gasteiger partial charge in [-0.05, 0) is 0 Å². The fourth-order valence-corrected chi connectivity index (χ4v) is 5.64. The van der Waals surface area contributed by atoms with Gasteiger partial charge in [-0.15, -0.1) is 0 Å². The average molecular weight is 367 g/mol. The second-order valence-electron chi connectivity index (χ2n) is 4.08. The maximum absolute atomic E-state index is 11.5. The molecule has 0 aromatic rings. The van der Waals surface area contributed by atoms with Crippen LogP contribution in [0.15, 0.2) is 0 Å². The first-order chi connectivity index (χ1) is 8.10. The zero-order valence-electron chi connectivity index (χ0n) is 11.1. The minimum atomic E-state index is -0.494. The second kappa shape index (κ2) is 11.7. The van der Waals surface area contributed by atoms with Crippen molar-refractivity contribution in [3.63, 3.8) is 0 Å². The zero-order valence-corrected chi connectivity index (χ0v) is 14.8. The van der Waals surface area contributed by atoms with Crippen molar-refractivity contribution in [1.29, 1.82) is 0 Å². The Balaban J connectivity index is 3.50. The fourth-order valence-electron chi connectivity index (χ4n) is 1.19. The SMILES string of the molecule is CCC[CH2][Sn][CH](S)CC(=O)OCCC(C)OC. The van der Waals surface area contributed by atoms with Crippen LogP contribution in [0.2, 0.25) is 4.44 Å². The van der Waals surface area contributed by atoms with Crippen LogP contribution < -0.4 is 0 Å². The van der Waals surface area contributed by atoms with Crippen molar-refractivity contribution in [3.05, 3.63) is 0 Å². The normalized spacial score (nSPS) is 14.4. The summed E-state index contributed by atoms with van der Waals surface area (Å²) in [6.45, 7) is 4.61.